The number of nitrogens with zero attached hydrogens (tertiary/aromatic N) is 2. The van der Waals surface area contributed by atoms with Gasteiger partial charge >= 0.3 is 0 Å². The minimum Gasteiger partial charge on any atom is -0.483 e. The van der Waals surface area contributed by atoms with Crippen molar-refractivity contribution in [3.05, 3.63) is 83.9 Å². The van der Waals surface area contributed by atoms with Gasteiger partial charge in [-0.3, -0.25) is 14.6 Å². The molecule has 170 valence electrons. The summed E-state index contributed by atoms with van der Waals surface area (Å²) in [6.45, 7) is 5.52. The van der Waals surface area contributed by atoms with Crippen molar-refractivity contribution in [3.8, 4) is 16.9 Å². The van der Waals surface area contributed by atoms with Crippen molar-refractivity contribution in [2.24, 2.45) is 0 Å². The molecule has 0 saturated carbocycles. The molecule has 6 nitrogen and oxygen atoms in total. The molecule has 1 atom stereocenters. The number of hydrogen-bond acceptors (Lipinski definition) is 4. The van der Waals surface area contributed by atoms with E-state index in [9.17, 15) is 14.0 Å². The van der Waals surface area contributed by atoms with Crippen LogP contribution in [0.15, 0.2) is 67.0 Å². The third kappa shape index (κ3) is 4.87. The molecule has 0 aliphatic carbocycles. The molecule has 0 radical (unpaired) electrons. The number of amides is 2. The summed E-state index contributed by atoms with van der Waals surface area (Å²) >= 11 is 0. The molecular weight excluding hydrogens is 421 g/mol. The molecule has 2 aromatic carbocycles. The Balaban J connectivity index is 1.79. The van der Waals surface area contributed by atoms with E-state index in [1.165, 1.54) is 11.0 Å². The number of aromatic nitrogens is 1. The number of benzene rings is 2. The second-order valence-electron chi connectivity index (χ2n) is 9.00. The highest BCUT2D eigenvalue weighted by Gasteiger charge is 2.38. The summed E-state index contributed by atoms with van der Waals surface area (Å²) in [4.78, 5) is 32.3. The summed E-state index contributed by atoms with van der Waals surface area (Å²) in [6.07, 6.45) is 3.11. The summed E-state index contributed by atoms with van der Waals surface area (Å²) < 4.78 is 20.3. The first-order valence-electron chi connectivity index (χ1n) is 10.8. The van der Waals surface area contributed by atoms with E-state index in [1.54, 1.807) is 36.7 Å². The number of fused-ring (bicyclic) bond motifs is 1. The Kier molecular flexibility index (Phi) is 6.14. The molecule has 1 aromatic heterocycles. The Morgan fingerprint density at radius 2 is 1.82 bits per heavy atom. The van der Waals surface area contributed by atoms with Crippen LogP contribution in [0, 0.1) is 5.82 Å². The second-order valence-corrected chi connectivity index (χ2v) is 9.00. The van der Waals surface area contributed by atoms with Gasteiger partial charge in [-0.2, -0.15) is 0 Å². The van der Waals surface area contributed by atoms with Crippen LogP contribution in [-0.4, -0.2) is 33.8 Å². The molecule has 2 heterocycles. The van der Waals surface area contributed by atoms with Gasteiger partial charge in [0.05, 0.1) is 0 Å². The molecule has 0 spiro atoms. The van der Waals surface area contributed by atoms with Crippen LogP contribution in [-0.2, 0) is 16.1 Å². The van der Waals surface area contributed by atoms with Gasteiger partial charge in [0.2, 0.25) is 5.91 Å². The first-order chi connectivity index (χ1) is 15.7. The fourth-order valence-corrected chi connectivity index (χ4v) is 3.95. The molecule has 1 N–H and O–H groups in total. The molecule has 33 heavy (non-hydrogen) atoms. The third-order valence-electron chi connectivity index (χ3n) is 5.36. The molecule has 0 fully saturated rings. The van der Waals surface area contributed by atoms with Crippen molar-refractivity contribution in [1.82, 2.24) is 15.2 Å². The van der Waals surface area contributed by atoms with Crippen molar-refractivity contribution < 1.29 is 18.7 Å². The lowest BCUT2D eigenvalue weighted by molar-refractivity contribution is -0.142. The highest BCUT2D eigenvalue weighted by atomic mass is 19.1. The van der Waals surface area contributed by atoms with Gasteiger partial charge in [0.25, 0.3) is 5.91 Å². The smallest absolute Gasteiger partial charge is 0.261 e. The van der Waals surface area contributed by atoms with E-state index in [-0.39, 0.29) is 30.8 Å². The molecule has 3 aromatic rings. The van der Waals surface area contributed by atoms with Crippen LogP contribution >= 0.6 is 0 Å². The van der Waals surface area contributed by atoms with Gasteiger partial charge in [-0.25, -0.2) is 4.39 Å². The number of nitrogens with one attached hydrogen (secondary N) is 1. The van der Waals surface area contributed by atoms with Gasteiger partial charge in [-0.1, -0.05) is 42.5 Å². The predicted molar refractivity (Wildman–Crippen MR) is 123 cm³/mol. The first kappa shape index (κ1) is 22.5. The number of carbonyl (C=O) groups is 2. The number of carbonyl (C=O) groups excluding carboxylic acids is 2. The van der Waals surface area contributed by atoms with Gasteiger partial charge in [0.1, 0.15) is 17.6 Å². The summed E-state index contributed by atoms with van der Waals surface area (Å²) in [7, 11) is 0. The van der Waals surface area contributed by atoms with E-state index in [0.717, 1.165) is 5.56 Å². The fraction of sp³-hybridized carbons (Fsp3) is 0.269. The molecule has 4 rings (SSSR count). The molecule has 0 saturated heterocycles. The highest BCUT2D eigenvalue weighted by Crippen LogP contribution is 2.35. The van der Waals surface area contributed by atoms with Crippen LogP contribution in [0.5, 0.6) is 5.75 Å². The van der Waals surface area contributed by atoms with E-state index >= 15 is 0 Å². The standard InChI is InChI=1S/C26H26FN3O3/c1-26(2,3)29-25(32)24-20-14-28-13-12-22(20)33-16-23(31)30(24)15-17-8-4-5-9-18(17)19-10-6-7-11-21(19)27/h4-14,24H,15-16H2,1-3H3,(H,29,32). The normalized spacial score (nSPS) is 15.9. The van der Waals surface area contributed by atoms with Crippen molar-refractivity contribution in [2.75, 3.05) is 6.61 Å². The number of halogens is 1. The predicted octanol–water partition coefficient (Wildman–Crippen LogP) is 4.26. The lowest BCUT2D eigenvalue weighted by Crippen LogP contribution is -2.49. The zero-order valence-electron chi connectivity index (χ0n) is 18.8. The van der Waals surface area contributed by atoms with Crippen LogP contribution in [0.25, 0.3) is 11.1 Å². The van der Waals surface area contributed by atoms with E-state index in [1.807, 2.05) is 45.0 Å². The SMILES string of the molecule is CC(C)(C)NC(=O)C1c2cnccc2OCC(=O)N1Cc1ccccc1-c1ccccc1F. The topological polar surface area (TPSA) is 71.5 Å². The molecule has 7 heteroatoms. The quantitative estimate of drug-likeness (QED) is 0.649. The van der Waals surface area contributed by atoms with Crippen LogP contribution < -0.4 is 10.1 Å². The van der Waals surface area contributed by atoms with E-state index in [0.29, 0.717) is 22.4 Å². The summed E-state index contributed by atoms with van der Waals surface area (Å²) in [5, 5.41) is 2.97. The monoisotopic (exact) mass is 447 g/mol. The van der Waals surface area contributed by atoms with Crippen LogP contribution in [0.4, 0.5) is 4.39 Å². The van der Waals surface area contributed by atoms with Crippen LogP contribution in [0.2, 0.25) is 0 Å². The average Bonchev–Trinajstić information content (AvgIpc) is 2.90. The minimum atomic E-state index is -0.948. The van der Waals surface area contributed by atoms with Gasteiger partial charge < -0.3 is 15.0 Å². The van der Waals surface area contributed by atoms with Gasteiger partial charge in [0.15, 0.2) is 6.61 Å². The van der Waals surface area contributed by atoms with E-state index < -0.39 is 11.6 Å². The molecule has 1 aliphatic rings. The lowest BCUT2D eigenvalue weighted by Gasteiger charge is -2.32. The minimum absolute atomic E-state index is 0.100. The Morgan fingerprint density at radius 1 is 1.12 bits per heavy atom. The Morgan fingerprint density at radius 3 is 2.55 bits per heavy atom. The third-order valence-corrected chi connectivity index (χ3v) is 5.36. The zero-order valence-corrected chi connectivity index (χ0v) is 18.8. The second kappa shape index (κ2) is 9.02. The average molecular weight is 448 g/mol. The highest BCUT2D eigenvalue weighted by molar-refractivity contribution is 5.91. The number of ether oxygens (including phenoxy) is 1. The maximum absolute atomic E-state index is 14.6. The van der Waals surface area contributed by atoms with Crippen molar-refractivity contribution >= 4 is 11.8 Å². The largest absolute Gasteiger partial charge is 0.483 e. The van der Waals surface area contributed by atoms with Crippen LogP contribution in [0.3, 0.4) is 0 Å². The molecule has 0 bridgehead atoms. The maximum Gasteiger partial charge on any atom is 0.261 e. The zero-order chi connectivity index (χ0) is 23.6. The van der Waals surface area contributed by atoms with Gasteiger partial charge in [0, 0.05) is 35.6 Å². The Bertz CT molecular complexity index is 1190. The summed E-state index contributed by atoms with van der Waals surface area (Å²) in [6, 6.07) is 14.5. The van der Waals surface area contributed by atoms with Gasteiger partial charge in [-0.05, 0) is 44.0 Å². The van der Waals surface area contributed by atoms with E-state index in [2.05, 4.69) is 10.3 Å². The summed E-state index contributed by atoms with van der Waals surface area (Å²) in [5.74, 6) is -0.591. The maximum atomic E-state index is 14.6. The number of rotatable bonds is 4. The Hall–Kier alpha value is -3.74. The van der Waals surface area contributed by atoms with Crippen molar-refractivity contribution in [1.29, 1.82) is 0 Å². The number of pyridine rings is 1. The Labute approximate surface area is 192 Å². The molecule has 2 amide bonds. The van der Waals surface area contributed by atoms with E-state index in [4.69, 9.17) is 4.74 Å². The molecule has 1 aliphatic heterocycles. The summed E-state index contributed by atoms with van der Waals surface area (Å²) in [5.41, 5.74) is 1.82. The first-order valence-corrected chi connectivity index (χ1v) is 10.8. The van der Waals surface area contributed by atoms with Crippen molar-refractivity contribution in [2.45, 2.75) is 38.9 Å². The molecule has 1 unspecified atom stereocenters. The molecular formula is C26H26FN3O3. The lowest BCUT2D eigenvalue weighted by atomic mass is 9.97. The number of hydrogen-bond donors (Lipinski definition) is 1. The fourth-order valence-electron chi connectivity index (χ4n) is 3.95. The van der Waals surface area contributed by atoms with Gasteiger partial charge in [-0.15, -0.1) is 0 Å². The van der Waals surface area contributed by atoms with Crippen molar-refractivity contribution in [3.63, 3.8) is 0 Å². The van der Waals surface area contributed by atoms with Crippen LogP contribution in [0.1, 0.15) is 37.9 Å².